The Balaban J connectivity index is 1.83. The maximum absolute atomic E-state index is 14.0. The van der Waals surface area contributed by atoms with Gasteiger partial charge in [0.2, 0.25) is 11.6 Å². The van der Waals surface area contributed by atoms with Gasteiger partial charge in [0, 0.05) is 19.9 Å². The van der Waals surface area contributed by atoms with E-state index < -0.39 is 17.4 Å². The van der Waals surface area contributed by atoms with E-state index in [2.05, 4.69) is 5.32 Å². The first-order valence-corrected chi connectivity index (χ1v) is 8.23. The van der Waals surface area contributed by atoms with Gasteiger partial charge in [-0.05, 0) is 24.3 Å². The van der Waals surface area contributed by atoms with Crippen LogP contribution in [0.1, 0.15) is 23.2 Å². The summed E-state index contributed by atoms with van der Waals surface area (Å²) in [5.41, 5.74) is -0.739. The largest absolute Gasteiger partial charge is 0.320 e. The van der Waals surface area contributed by atoms with Gasteiger partial charge in [0.25, 0.3) is 11.8 Å². The highest BCUT2D eigenvalue weighted by Gasteiger charge is 2.59. The number of rotatable bonds is 2. The van der Waals surface area contributed by atoms with Gasteiger partial charge in [0.1, 0.15) is 5.82 Å². The SMILES string of the molecule is CN1C(=O)c2ccccc2N2C(=O)CC[C@]12C(=O)Nc1ccccc1F. The fourth-order valence-electron chi connectivity index (χ4n) is 3.71. The van der Waals surface area contributed by atoms with Crippen LogP contribution >= 0.6 is 0 Å². The van der Waals surface area contributed by atoms with E-state index in [-0.39, 0.29) is 30.3 Å². The quantitative estimate of drug-likeness (QED) is 0.901. The van der Waals surface area contributed by atoms with Gasteiger partial charge in [-0.3, -0.25) is 19.3 Å². The molecule has 2 aliphatic heterocycles. The molecule has 0 radical (unpaired) electrons. The van der Waals surface area contributed by atoms with E-state index in [1.807, 2.05) is 0 Å². The number of amides is 3. The molecule has 0 unspecified atom stereocenters. The summed E-state index contributed by atoms with van der Waals surface area (Å²) < 4.78 is 14.0. The summed E-state index contributed by atoms with van der Waals surface area (Å²) in [5, 5.41) is 2.54. The summed E-state index contributed by atoms with van der Waals surface area (Å²) >= 11 is 0. The third-order valence-corrected chi connectivity index (χ3v) is 5.03. The molecule has 1 atom stereocenters. The minimum atomic E-state index is -1.51. The predicted octanol–water partition coefficient (Wildman–Crippen LogP) is 2.37. The Morgan fingerprint density at radius 3 is 2.58 bits per heavy atom. The van der Waals surface area contributed by atoms with Crippen LogP contribution in [0.5, 0.6) is 0 Å². The summed E-state index contributed by atoms with van der Waals surface area (Å²) in [6.07, 6.45) is 0.263. The summed E-state index contributed by atoms with van der Waals surface area (Å²) in [6, 6.07) is 12.5. The minimum absolute atomic E-state index is 0.00545. The van der Waals surface area contributed by atoms with Crippen LogP contribution in [0.3, 0.4) is 0 Å². The Morgan fingerprint density at radius 2 is 1.81 bits per heavy atom. The summed E-state index contributed by atoms with van der Waals surface area (Å²) in [5.74, 6) is -1.80. The molecule has 2 aromatic rings. The number of anilines is 2. The number of nitrogens with one attached hydrogen (secondary N) is 1. The zero-order chi connectivity index (χ0) is 18.5. The van der Waals surface area contributed by atoms with E-state index in [9.17, 15) is 18.8 Å². The third kappa shape index (κ3) is 2.06. The molecule has 6 nitrogen and oxygen atoms in total. The van der Waals surface area contributed by atoms with Crippen molar-refractivity contribution < 1.29 is 18.8 Å². The highest BCUT2D eigenvalue weighted by molar-refractivity contribution is 6.18. The lowest BCUT2D eigenvalue weighted by atomic mass is 9.96. The highest BCUT2D eigenvalue weighted by Crippen LogP contribution is 2.44. The predicted molar refractivity (Wildman–Crippen MR) is 93.0 cm³/mol. The zero-order valence-electron chi connectivity index (χ0n) is 14.0. The van der Waals surface area contributed by atoms with Gasteiger partial charge in [-0.25, -0.2) is 4.39 Å². The van der Waals surface area contributed by atoms with Crippen LogP contribution in [0.2, 0.25) is 0 Å². The molecular formula is C19H16FN3O3. The lowest BCUT2D eigenvalue weighted by Gasteiger charge is -2.47. The molecule has 4 rings (SSSR count). The van der Waals surface area contributed by atoms with Gasteiger partial charge in [-0.1, -0.05) is 24.3 Å². The second-order valence-corrected chi connectivity index (χ2v) is 6.36. The van der Waals surface area contributed by atoms with Crippen molar-refractivity contribution in [3.05, 3.63) is 59.9 Å². The minimum Gasteiger partial charge on any atom is -0.320 e. The van der Waals surface area contributed by atoms with E-state index >= 15 is 0 Å². The number of hydrogen-bond donors (Lipinski definition) is 1. The molecule has 0 aromatic heterocycles. The molecule has 132 valence electrons. The van der Waals surface area contributed by atoms with Crippen molar-refractivity contribution in [2.24, 2.45) is 0 Å². The molecule has 2 aromatic carbocycles. The number of hydrogen-bond acceptors (Lipinski definition) is 3. The summed E-state index contributed by atoms with van der Waals surface area (Å²) in [6.45, 7) is 0. The average Bonchev–Trinajstić information content (AvgIpc) is 3.00. The monoisotopic (exact) mass is 353 g/mol. The lowest BCUT2D eigenvalue weighted by molar-refractivity contribution is -0.128. The van der Waals surface area contributed by atoms with Gasteiger partial charge >= 0.3 is 0 Å². The van der Waals surface area contributed by atoms with Crippen molar-refractivity contribution in [1.82, 2.24) is 4.90 Å². The van der Waals surface area contributed by atoms with Crippen molar-refractivity contribution in [2.45, 2.75) is 18.5 Å². The number of benzene rings is 2. The second kappa shape index (κ2) is 5.66. The normalized spacial score (nSPS) is 21.5. The molecule has 7 heteroatoms. The van der Waals surface area contributed by atoms with Crippen LogP contribution in [0.4, 0.5) is 15.8 Å². The molecule has 1 N–H and O–H groups in total. The van der Waals surface area contributed by atoms with Crippen LogP contribution in [-0.4, -0.2) is 35.3 Å². The van der Waals surface area contributed by atoms with Crippen LogP contribution in [0.15, 0.2) is 48.5 Å². The van der Waals surface area contributed by atoms with Crippen molar-refractivity contribution in [1.29, 1.82) is 0 Å². The zero-order valence-corrected chi connectivity index (χ0v) is 14.0. The van der Waals surface area contributed by atoms with Crippen LogP contribution in [0, 0.1) is 5.82 Å². The molecule has 3 amide bonds. The number of nitrogens with zero attached hydrogens (tertiary/aromatic N) is 2. The molecule has 0 spiro atoms. The Morgan fingerprint density at radius 1 is 1.12 bits per heavy atom. The van der Waals surface area contributed by atoms with E-state index in [0.29, 0.717) is 11.3 Å². The lowest BCUT2D eigenvalue weighted by Crippen LogP contribution is -2.68. The maximum atomic E-state index is 14.0. The Labute approximate surface area is 149 Å². The molecule has 1 saturated heterocycles. The fourth-order valence-corrected chi connectivity index (χ4v) is 3.71. The molecular weight excluding hydrogens is 337 g/mol. The molecule has 0 saturated carbocycles. The smallest absolute Gasteiger partial charge is 0.271 e. The third-order valence-electron chi connectivity index (χ3n) is 5.03. The summed E-state index contributed by atoms with van der Waals surface area (Å²) in [7, 11) is 1.49. The maximum Gasteiger partial charge on any atom is 0.271 e. The number of likely N-dealkylation sites (N-methyl/N-ethyl adjacent to an activating group) is 1. The van der Waals surface area contributed by atoms with Crippen molar-refractivity contribution in [2.75, 3.05) is 17.3 Å². The van der Waals surface area contributed by atoms with Gasteiger partial charge in [-0.2, -0.15) is 0 Å². The number of carbonyl (C=O) groups is 3. The van der Waals surface area contributed by atoms with Crippen molar-refractivity contribution >= 4 is 29.1 Å². The van der Waals surface area contributed by atoms with E-state index in [1.54, 1.807) is 30.3 Å². The fraction of sp³-hybridized carbons (Fsp3) is 0.211. The van der Waals surface area contributed by atoms with Gasteiger partial charge in [-0.15, -0.1) is 0 Å². The first kappa shape index (κ1) is 16.3. The first-order valence-electron chi connectivity index (χ1n) is 8.23. The van der Waals surface area contributed by atoms with Gasteiger partial charge in [0.05, 0.1) is 16.9 Å². The van der Waals surface area contributed by atoms with Gasteiger partial charge in [0.15, 0.2) is 0 Å². The van der Waals surface area contributed by atoms with E-state index in [1.165, 1.54) is 35.0 Å². The van der Waals surface area contributed by atoms with E-state index in [0.717, 1.165) is 0 Å². The Hall–Kier alpha value is -3.22. The van der Waals surface area contributed by atoms with E-state index in [4.69, 9.17) is 0 Å². The number of fused-ring (bicyclic) bond motifs is 3. The second-order valence-electron chi connectivity index (χ2n) is 6.36. The molecule has 2 aliphatic rings. The highest BCUT2D eigenvalue weighted by atomic mass is 19.1. The van der Waals surface area contributed by atoms with Crippen LogP contribution in [0.25, 0.3) is 0 Å². The first-order chi connectivity index (χ1) is 12.5. The van der Waals surface area contributed by atoms with Crippen LogP contribution in [-0.2, 0) is 9.59 Å². The van der Waals surface area contributed by atoms with Crippen molar-refractivity contribution in [3.8, 4) is 0 Å². The molecule has 1 fully saturated rings. The Bertz CT molecular complexity index is 945. The molecule has 26 heavy (non-hydrogen) atoms. The topological polar surface area (TPSA) is 69.7 Å². The standard InChI is InChI=1S/C19H16FN3O3/c1-22-17(25)12-6-2-5-9-15(12)23-16(24)10-11-19(22,23)18(26)21-14-8-4-3-7-13(14)20/h2-9H,10-11H2,1H3,(H,21,26)/t19-/m0/s1. The van der Waals surface area contributed by atoms with Crippen molar-refractivity contribution in [3.63, 3.8) is 0 Å². The summed E-state index contributed by atoms with van der Waals surface area (Å²) in [4.78, 5) is 41.2. The van der Waals surface area contributed by atoms with Crippen LogP contribution < -0.4 is 10.2 Å². The number of halogens is 1. The van der Waals surface area contributed by atoms with Gasteiger partial charge < -0.3 is 10.2 Å². The number of para-hydroxylation sites is 2. The number of carbonyl (C=O) groups excluding carboxylic acids is 3. The Kier molecular flexibility index (Phi) is 3.54. The molecule has 0 aliphatic carbocycles. The average molecular weight is 353 g/mol. The molecule has 2 heterocycles. The molecule has 0 bridgehead atoms.